The number of carbonyl (C=O) groups excluding carboxylic acids is 2. The molecule has 3 rings (SSSR count). The molecule has 0 spiro atoms. The fourth-order valence-electron chi connectivity index (χ4n) is 3.39. The van der Waals surface area contributed by atoms with Crippen LogP contribution in [0.5, 0.6) is 0 Å². The van der Waals surface area contributed by atoms with Crippen LogP contribution in [-0.2, 0) is 19.6 Å². The summed E-state index contributed by atoms with van der Waals surface area (Å²) in [5, 5.41) is 2.73. The fourth-order valence-corrected chi connectivity index (χ4v) is 5.04. The second kappa shape index (κ2) is 8.75. The Hall–Kier alpha value is -2.71. The molecule has 0 unspecified atom stereocenters. The molecule has 1 heterocycles. The number of amides is 2. The van der Waals surface area contributed by atoms with Crippen molar-refractivity contribution in [2.45, 2.75) is 30.7 Å². The molecule has 0 aromatic heterocycles. The summed E-state index contributed by atoms with van der Waals surface area (Å²) in [5.41, 5.74) is 1.60. The molecule has 1 atom stereocenters. The number of para-hydroxylation sites is 1. The molecular weight excluding hydrogens is 390 g/mol. The summed E-state index contributed by atoms with van der Waals surface area (Å²) in [4.78, 5) is 26.6. The Balaban J connectivity index is 1.69. The smallest absolute Gasteiger partial charge is 0.243 e. The van der Waals surface area contributed by atoms with Crippen LogP contribution in [0.3, 0.4) is 0 Å². The topological polar surface area (TPSA) is 86.8 Å². The van der Waals surface area contributed by atoms with Gasteiger partial charge in [-0.25, -0.2) is 8.42 Å². The van der Waals surface area contributed by atoms with E-state index in [4.69, 9.17) is 0 Å². The van der Waals surface area contributed by atoms with E-state index in [2.05, 4.69) is 5.32 Å². The van der Waals surface area contributed by atoms with Gasteiger partial charge in [-0.3, -0.25) is 9.59 Å². The van der Waals surface area contributed by atoms with Crippen LogP contribution in [-0.4, -0.2) is 55.6 Å². The van der Waals surface area contributed by atoms with Gasteiger partial charge in [0.05, 0.1) is 11.4 Å². The summed E-state index contributed by atoms with van der Waals surface area (Å²) in [6.45, 7) is 2.02. The summed E-state index contributed by atoms with van der Waals surface area (Å²) in [6, 6.07) is 14.8. The van der Waals surface area contributed by atoms with Gasteiger partial charge in [0.1, 0.15) is 6.04 Å². The van der Waals surface area contributed by atoms with E-state index in [0.717, 1.165) is 5.56 Å². The summed E-state index contributed by atoms with van der Waals surface area (Å²) in [5.74, 6) is -0.709. The predicted octanol–water partition coefficient (Wildman–Crippen LogP) is 2.25. The van der Waals surface area contributed by atoms with Gasteiger partial charge in [-0.2, -0.15) is 4.31 Å². The maximum atomic E-state index is 13.0. The SMILES string of the molecule is Cc1ccc(S(=O)(=O)N2CCC[C@H]2C(=O)N(C)CC(=O)Nc2ccccc2)cc1. The molecule has 0 radical (unpaired) electrons. The molecule has 29 heavy (non-hydrogen) atoms. The minimum absolute atomic E-state index is 0.150. The van der Waals surface area contributed by atoms with Crippen LogP contribution >= 0.6 is 0 Å². The molecule has 1 saturated heterocycles. The number of likely N-dealkylation sites (N-methyl/N-ethyl adjacent to an activating group) is 1. The van der Waals surface area contributed by atoms with Gasteiger partial charge in [0, 0.05) is 19.3 Å². The first-order valence-corrected chi connectivity index (χ1v) is 10.9. The Morgan fingerprint density at radius 1 is 1.10 bits per heavy atom. The highest BCUT2D eigenvalue weighted by molar-refractivity contribution is 7.89. The van der Waals surface area contributed by atoms with Crippen molar-refractivity contribution >= 4 is 27.5 Å². The van der Waals surface area contributed by atoms with Crippen molar-refractivity contribution in [1.29, 1.82) is 0 Å². The van der Waals surface area contributed by atoms with E-state index in [1.807, 2.05) is 13.0 Å². The lowest BCUT2D eigenvalue weighted by atomic mass is 10.2. The molecule has 1 aliphatic rings. The van der Waals surface area contributed by atoms with Crippen LogP contribution in [0.4, 0.5) is 5.69 Å². The third-order valence-electron chi connectivity index (χ3n) is 4.93. The lowest BCUT2D eigenvalue weighted by Crippen LogP contribution is -2.48. The first-order valence-electron chi connectivity index (χ1n) is 9.47. The Labute approximate surface area is 171 Å². The van der Waals surface area contributed by atoms with Gasteiger partial charge < -0.3 is 10.2 Å². The highest BCUT2D eigenvalue weighted by atomic mass is 32.2. The number of anilines is 1. The molecule has 2 amide bonds. The quantitative estimate of drug-likeness (QED) is 0.784. The van der Waals surface area contributed by atoms with E-state index in [1.54, 1.807) is 48.5 Å². The minimum Gasteiger partial charge on any atom is -0.335 e. The molecule has 7 nitrogen and oxygen atoms in total. The number of sulfonamides is 1. The van der Waals surface area contributed by atoms with Crippen LogP contribution < -0.4 is 5.32 Å². The summed E-state index contributed by atoms with van der Waals surface area (Å²) >= 11 is 0. The molecule has 2 aromatic carbocycles. The summed E-state index contributed by atoms with van der Waals surface area (Å²) < 4.78 is 27.3. The lowest BCUT2D eigenvalue weighted by molar-refractivity contribution is -0.136. The molecule has 1 fully saturated rings. The van der Waals surface area contributed by atoms with Gasteiger partial charge >= 0.3 is 0 Å². The van der Waals surface area contributed by atoms with Crippen LogP contribution in [0.25, 0.3) is 0 Å². The lowest BCUT2D eigenvalue weighted by Gasteiger charge is -2.27. The number of aryl methyl sites for hydroxylation is 1. The summed E-state index contributed by atoms with van der Waals surface area (Å²) in [6.07, 6.45) is 1.04. The first kappa shape index (κ1) is 21.0. The third-order valence-corrected chi connectivity index (χ3v) is 6.85. The van der Waals surface area contributed by atoms with Crippen LogP contribution in [0.1, 0.15) is 18.4 Å². The molecule has 0 saturated carbocycles. The van der Waals surface area contributed by atoms with E-state index in [-0.39, 0.29) is 29.8 Å². The number of nitrogens with one attached hydrogen (secondary N) is 1. The van der Waals surface area contributed by atoms with Gasteiger partial charge in [0.25, 0.3) is 0 Å². The second-order valence-electron chi connectivity index (χ2n) is 7.20. The molecular formula is C21H25N3O4S. The van der Waals surface area contributed by atoms with Crippen molar-refractivity contribution in [3.63, 3.8) is 0 Å². The average Bonchev–Trinajstić information content (AvgIpc) is 3.19. The molecule has 2 aromatic rings. The fraction of sp³-hybridized carbons (Fsp3) is 0.333. The monoisotopic (exact) mass is 415 g/mol. The highest BCUT2D eigenvalue weighted by Gasteiger charge is 2.40. The molecule has 8 heteroatoms. The van der Waals surface area contributed by atoms with E-state index in [1.165, 1.54) is 16.3 Å². The maximum absolute atomic E-state index is 13.0. The Bertz CT molecular complexity index is 975. The Morgan fingerprint density at radius 2 is 1.76 bits per heavy atom. The van der Waals surface area contributed by atoms with Gasteiger partial charge in [0.15, 0.2) is 0 Å². The van der Waals surface area contributed by atoms with Gasteiger partial charge in [-0.05, 0) is 44.0 Å². The number of rotatable bonds is 6. The number of carbonyl (C=O) groups is 2. The van der Waals surface area contributed by atoms with Crippen molar-refractivity contribution in [2.24, 2.45) is 0 Å². The number of hydrogen-bond acceptors (Lipinski definition) is 4. The van der Waals surface area contributed by atoms with Crippen molar-refractivity contribution in [3.8, 4) is 0 Å². The number of benzene rings is 2. The molecule has 1 aliphatic heterocycles. The normalized spacial score (nSPS) is 17.1. The minimum atomic E-state index is -3.77. The summed E-state index contributed by atoms with van der Waals surface area (Å²) in [7, 11) is -2.26. The van der Waals surface area contributed by atoms with Crippen LogP contribution in [0.15, 0.2) is 59.5 Å². The van der Waals surface area contributed by atoms with Crippen molar-refractivity contribution in [1.82, 2.24) is 9.21 Å². The molecule has 154 valence electrons. The first-order chi connectivity index (χ1) is 13.8. The highest BCUT2D eigenvalue weighted by Crippen LogP contribution is 2.27. The van der Waals surface area contributed by atoms with E-state index < -0.39 is 16.1 Å². The standard InChI is InChI=1S/C21H25N3O4S/c1-16-10-12-18(13-11-16)29(27,28)24-14-6-9-19(24)21(26)23(2)15-20(25)22-17-7-4-3-5-8-17/h3-5,7-8,10-13,19H,6,9,14-15H2,1-2H3,(H,22,25)/t19-/m0/s1. The average molecular weight is 416 g/mol. The zero-order valence-electron chi connectivity index (χ0n) is 16.5. The Kier molecular flexibility index (Phi) is 6.34. The van der Waals surface area contributed by atoms with Crippen molar-refractivity contribution in [2.75, 3.05) is 25.5 Å². The number of hydrogen-bond donors (Lipinski definition) is 1. The van der Waals surface area contributed by atoms with Gasteiger partial charge in [0.2, 0.25) is 21.8 Å². The van der Waals surface area contributed by atoms with Gasteiger partial charge in [-0.1, -0.05) is 35.9 Å². The zero-order chi connectivity index (χ0) is 21.0. The van der Waals surface area contributed by atoms with E-state index in [0.29, 0.717) is 18.5 Å². The molecule has 0 bridgehead atoms. The van der Waals surface area contributed by atoms with Crippen molar-refractivity contribution in [3.05, 3.63) is 60.2 Å². The third kappa shape index (κ3) is 4.83. The predicted molar refractivity (Wildman–Crippen MR) is 111 cm³/mol. The largest absolute Gasteiger partial charge is 0.335 e. The van der Waals surface area contributed by atoms with E-state index in [9.17, 15) is 18.0 Å². The van der Waals surface area contributed by atoms with E-state index >= 15 is 0 Å². The zero-order valence-corrected chi connectivity index (χ0v) is 17.4. The van der Waals surface area contributed by atoms with Crippen molar-refractivity contribution < 1.29 is 18.0 Å². The van der Waals surface area contributed by atoms with Gasteiger partial charge in [-0.15, -0.1) is 0 Å². The Morgan fingerprint density at radius 3 is 2.41 bits per heavy atom. The number of nitrogens with zero attached hydrogens (tertiary/aromatic N) is 2. The van der Waals surface area contributed by atoms with Crippen LogP contribution in [0.2, 0.25) is 0 Å². The molecule has 1 N–H and O–H groups in total. The molecule has 0 aliphatic carbocycles. The van der Waals surface area contributed by atoms with Crippen LogP contribution in [0, 0.1) is 6.92 Å². The second-order valence-corrected chi connectivity index (χ2v) is 9.09. The maximum Gasteiger partial charge on any atom is 0.243 e.